The van der Waals surface area contributed by atoms with E-state index in [9.17, 15) is 4.39 Å². The lowest BCUT2D eigenvalue weighted by atomic mass is 10.0. The van der Waals surface area contributed by atoms with E-state index in [1.807, 2.05) is 18.0 Å². The van der Waals surface area contributed by atoms with Gasteiger partial charge in [-0.1, -0.05) is 0 Å². The summed E-state index contributed by atoms with van der Waals surface area (Å²) < 4.78 is 13.9. The minimum Gasteiger partial charge on any atom is -0.378 e. The zero-order chi connectivity index (χ0) is 13.0. The van der Waals surface area contributed by atoms with Gasteiger partial charge in [-0.15, -0.1) is 0 Å². The van der Waals surface area contributed by atoms with Crippen LogP contribution >= 0.6 is 0 Å². The Morgan fingerprint density at radius 2 is 2.28 bits per heavy atom. The lowest BCUT2D eigenvalue weighted by Crippen LogP contribution is -2.46. The van der Waals surface area contributed by atoms with E-state index in [1.54, 1.807) is 12.4 Å². The van der Waals surface area contributed by atoms with Crippen LogP contribution in [0.4, 0.5) is 15.8 Å². The van der Waals surface area contributed by atoms with Crippen molar-refractivity contribution in [2.24, 2.45) is 5.10 Å². The molecular weight excluding hydrogens is 233 g/mol. The first-order valence-electron chi connectivity index (χ1n) is 5.95. The Bertz CT molecular complexity index is 411. The molecule has 0 amide bonds. The average molecular weight is 251 g/mol. The lowest BCUT2D eigenvalue weighted by molar-refractivity contribution is 0.149. The number of pyridine rings is 1. The number of hydrogen-bond acceptors (Lipinski definition) is 5. The zero-order valence-electron chi connectivity index (χ0n) is 10.4. The van der Waals surface area contributed by atoms with Crippen molar-refractivity contribution in [3.05, 3.63) is 18.5 Å². The smallest absolute Gasteiger partial charge is 0.133 e. The minimum absolute atomic E-state index is 0.157. The first kappa shape index (κ1) is 12.8. The van der Waals surface area contributed by atoms with Crippen LogP contribution in [0.3, 0.4) is 0 Å². The second kappa shape index (κ2) is 5.77. The monoisotopic (exact) mass is 251 g/mol. The maximum absolute atomic E-state index is 13.9. The van der Waals surface area contributed by atoms with E-state index in [1.165, 1.54) is 0 Å². The van der Waals surface area contributed by atoms with E-state index in [0.29, 0.717) is 6.54 Å². The molecule has 98 valence electrons. The molecule has 1 aliphatic rings. The maximum atomic E-state index is 13.9. The van der Waals surface area contributed by atoms with Crippen molar-refractivity contribution in [1.29, 1.82) is 0 Å². The van der Waals surface area contributed by atoms with Gasteiger partial charge in [-0.05, 0) is 19.5 Å². The Morgan fingerprint density at radius 3 is 3.00 bits per heavy atom. The van der Waals surface area contributed by atoms with Gasteiger partial charge in [-0.25, -0.2) is 4.39 Å². The summed E-state index contributed by atoms with van der Waals surface area (Å²) in [5.41, 5.74) is 4.24. The van der Waals surface area contributed by atoms with Gasteiger partial charge in [0.2, 0.25) is 0 Å². The van der Waals surface area contributed by atoms with E-state index < -0.39 is 6.17 Å². The summed E-state index contributed by atoms with van der Waals surface area (Å²) >= 11 is 0. The molecule has 1 saturated heterocycles. The number of aromatic nitrogens is 1. The number of halogens is 1. The molecular formula is C12H18FN5. The predicted molar refractivity (Wildman–Crippen MR) is 71.8 cm³/mol. The number of rotatable bonds is 4. The van der Waals surface area contributed by atoms with Crippen LogP contribution in [0.1, 0.15) is 6.42 Å². The van der Waals surface area contributed by atoms with Gasteiger partial charge in [0, 0.05) is 19.8 Å². The van der Waals surface area contributed by atoms with Gasteiger partial charge in [0.15, 0.2) is 0 Å². The molecule has 0 spiro atoms. The van der Waals surface area contributed by atoms with Crippen molar-refractivity contribution in [1.82, 2.24) is 9.88 Å². The average Bonchev–Trinajstić information content (AvgIpc) is 2.34. The summed E-state index contributed by atoms with van der Waals surface area (Å²) in [6.07, 6.45) is 3.24. The van der Waals surface area contributed by atoms with Crippen LogP contribution in [0.25, 0.3) is 0 Å². The lowest BCUT2D eigenvalue weighted by Gasteiger charge is -2.33. The predicted octanol–water partition coefficient (Wildman–Crippen LogP) is 1.56. The van der Waals surface area contributed by atoms with Gasteiger partial charge < -0.3 is 10.2 Å². The molecule has 0 radical (unpaired) electrons. The molecule has 1 fully saturated rings. The molecule has 0 saturated carbocycles. The van der Waals surface area contributed by atoms with E-state index in [2.05, 4.69) is 27.5 Å². The van der Waals surface area contributed by atoms with Gasteiger partial charge in [0.1, 0.15) is 6.17 Å². The fraction of sp³-hybridized carbons (Fsp3) is 0.500. The van der Waals surface area contributed by atoms with Crippen LogP contribution in [-0.2, 0) is 0 Å². The van der Waals surface area contributed by atoms with Gasteiger partial charge >= 0.3 is 0 Å². The second-order valence-electron chi connectivity index (χ2n) is 4.55. The molecule has 2 heterocycles. The normalized spacial score (nSPS) is 24.6. The van der Waals surface area contributed by atoms with Crippen LogP contribution in [0.2, 0.25) is 0 Å². The highest BCUT2D eigenvalue weighted by Crippen LogP contribution is 2.20. The summed E-state index contributed by atoms with van der Waals surface area (Å²) in [6.45, 7) is 4.72. The molecule has 5 nitrogen and oxygen atoms in total. The zero-order valence-corrected chi connectivity index (χ0v) is 10.4. The van der Waals surface area contributed by atoms with E-state index in [4.69, 9.17) is 0 Å². The minimum atomic E-state index is -0.863. The molecule has 2 rings (SSSR count). The maximum Gasteiger partial charge on any atom is 0.133 e. The molecule has 2 atom stereocenters. The topological polar surface area (TPSA) is 52.6 Å². The highest BCUT2D eigenvalue weighted by molar-refractivity contribution is 5.54. The Hall–Kier alpha value is -1.69. The number of nitrogens with one attached hydrogen (secondary N) is 2. The second-order valence-corrected chi connectivity index (χ2v) is 4.55. The molecule has 2 N–H and O–H groups in total. The third-order valence-electron chi connectivity index (χ3n) is 3.04. The van der Waals surface area contributed by atoms with Gasteiger partial charge in [0.05, 0.1) is 29.8 Å². The largest absolute Gasteiger partial charge is 0.378 e. The molecule has 18 heavy (non-hydrogen) atoms. The first-order valence-corrected chi connectivity index (χ1v) is 5.95. The Balaban J connectivity index is 2.00. The van der Waals surface area contributed by atoms with Crippen LogP contribution in [-0.4, -0.2) is 49.0 Å². The van der Waals surface area contributed by atoms with E-state index in [-0.39, 0.29) is 6.04 Å². The van der Waals surface area contributed by atoms with Crippen LogP contribution in [0, 0.1) is 0 Å². The van der Waals surface area contributed by atoms with E-state index >= 15 is 0 Å². The van der Waals surface area contributed by atoms with E-state index in [0.717, 1.165) is 24.3 Å². The quantitative estimate of drug-likeness (QED) is 0.630. The summed E-state index contributed by atoms with van der Waals surface area (Å²) in [5.74, 6) is 0. The standard InChI is InChI=1S/C12H18FN5/c1-14-17-10-5-9(6-15-7-10)16-12-3-4-18(2)8-11(12)13/h5-7,11-12,16-17H,1,3-4,8H2,2H3/t11-,12+/m1/s1. The molecule has 0 aliphatic carbocycles. The van der Waals surface area contributed by atoms with Crippen molar-refractivity contribution < 1.29 is 4.39 Å². The number of nitrogens with zero attached hydrogens (tertiary/aromatic N) is 3. The van der Waals surface area contributed by atoms with Crippen molar-refractivity contribution in [2.45, 2.75) is 18.6 Å². The van der Waals surface area contributed by atoms with Crippen LogP contribution < -0.4 is 10.7 Å². The van der Waals surface area contributed by atoms with Gasteiger partial charge in [-0.2, -0.15) is 5.10 Å². The Morgan fingerprint density at radius 1 is 1.50 bits per heavy atom. The summed E-state index contributed by atoms with van der Waals surface area (Å²) in [5, 5.41) is 6.75. The number of hydrazone groups is 1. The van der Waals surface area contributed by atoms with Crippen LogP contribution in [0.5, 0.6) is 0 Å². The summed E-state index contributed by atoms with van der Waals surface area (Å²) in [4.78, 5) is 6.06. The number of hydrogen-bond donors (Lipinski definition) is 2. The van der Waals surface area contributed by atoms with Gasteiger partial charge in [0.25, 0.3) is 0 Å². The molecule has 0 aromatic carbocycles. The van der Waals surface area contributed by atoms with Crippen molar-refractivity contribution >= 4 is 18.1 Å². The van der Waals surface area contributed by atoms with Crippen molar-refractivity contribution in [3.63, 3.8) is 0 Å². The summed E-state index contributed by atoms with van der Waals surface area (Å²) in [7, 11) is 1.94. The first-order chi connectivity index (χ1) is 8.69. The number of likely N-dealkylation sites (tertiary alicyclic amines) is 1. The third-order valence-corrected chi connectivity index (χ3v) is 3.04. The fourth-order valence-electron chi connectivity index (χ4n) is 2.10. The fourth-order valence-corrected chi connectivity index (χ4v) is 2.10. The Kier molecular flexibility index (Phi) is 4.09. The highest BCUT2D eigenvalue weighted by atomic mass is 19.1. The molecule has 0 bridgehead atoms. The molecule has 6 heteroatoms. The van der Waals surface area contributed by atoms with Crippen molar-refractivity contribution in [3.8, 4) is 0 Å². The Labute approximate surface area is 106 Å². The number of anilines is 2. The van der Waals surface area contributed by atoms with Crippen molar-refractivity contribution in [2.75, 3.05) is 30.9 Å². The molecule has 1 aromatic rings. The molecule has 1 aliphatic heterocycles. The van der Waals surface area contributed by atoms with Crippen LogP contribution in [0.15, 0.2) is 23.6 Å². The number of piperidine rings is 1. The highest BCUT2D eigenvalue weighted by Gasteiger charge is 2.27. The number of alkyl halides is 1. The molecule has 0 unspecified atom stereocenters. The SMILES string of the molecule is C=NNc1cncc(N[C@H]2CCN(C)C[C@H]2F)c1. The van der Waals surface area contributed by atoms with Gasteiger partial charge in [-0.3, -0.25) is 10.4 Å². The summed E-state index contributed by atoms with van der Waals surface area (Å²) in [6, 6.07) is 1.68. The third kappa shape index (κ3) is 3.16. The molecule has 1 aromatic heterocycles.